The molecule has 2 rings (SSSR count). The zero-order valence-electron chi connectivity index (χ0n) is 10.4. The van der Waals surface area contributed by atoms with Crippen molar-refractivity contribution in [1.29, 1.82) is 0 Å². The predicted molar refractivity (Wildman–Crippen MR) is 73.6 cm³/mol. The fourth-order valence-corrected chi connectivity index (χ4v) is 2.07. The number of halogens is 1. The number of carbonyl (C=O) groups excluding carboxylic acids is 1. The Morgan fingerprint density at radius 3 is 3.05 bits per heavy atom. The summed E-state index contributed by atoms with van der Waals surface area (Å²) in [5, 5.41) is 13.8. The van der Waals surface area contributed by atoms with Crippen molar-refractivity contribution in [2.24, 2.45) is 0 Å². The minimum absolute atomic E-state index is 0.0775. The third-order valence-corrected chi connectivity index (χ3v) is 3.19. The van der Waals surface area contributed by atoms with Gasteiger partial charge in [0.2, 0.25) is 0 Å². The van der Waals surface area contributed by atoms with Crippen LogP contribution < -0.4 is 5.32 Å². The molecule has 0 saturated carbocycles. The highest BCUT2D eigenvalue weighted by atomic mass is 32.1. The SMILES string of the molecule is O=C(NCc1nccs1)c1cc(C#CCO)ccc1F. The fourth-order valence-electron chi connectivity index (χ4n) is 1.51. The molecule has 0 fully saturated rings. The Morgan fingerprint density at radius 1 is 1.50 bits per heavy atom. The average molecular weight is 290 g/mol. The van der Waals surface area contributed by atoms with E-state index in [0.717, 1.165) is 5.01 Å². The number of hydrogen-bond acceptors (Lipinski definition) is 4. The van der Waals surface area contributed by atoms with Gasteiger partial charge in [-0.2, -0.15) is 0 Å². The van der Waals surface area contributed by atoms with Crippen LogP contribution in [-0.4, -0.2) is 22.6 Å². The van der Waals surface area contributed by atoms with Crippen molar-refractivity contribution in [1.82, 2.24) is 10.3 Å². The summed E-state index contributed by atoms with van der Waals surface area (Å²) in [6.07, 6.45) is 1.64. The van der Waals surface area contributed by atoms with Gasteiger partial charge in [0.05, 0.1) is 12.1 Å². The maximum absolute atomic E-state index is 13.6. The fraction of sp³-hybridized carbons (Fsp3) is 0.143. The number of nitrogens with zero attached hydrogens (tertiary/aromatic N) is 1. The van der Waals surface area contributed by atoms with E-state index in [1.165, 1.54) is 29.5 Å². The number of aliphatic hydroxyl groups excluding tert-OH is 1. The average Bonchev–Trinajstić information content (AvgIpc) is 2.97. The number of hydrogen-bond donors (Lipinski definition) is 2. The minimum atomic E-state index is -0.615. The standard InChI is InChI=1S/C14H11FN2O2S/c15-12-4-3-10(2-1-6-18)8-11(12)14(19)17-9-13-16-5-7-20-13/h3-5,7-8,18H,6,9H2,(H,17,19). The van der Waals surface area contributed by atoms with E-state index in [4.69, 9.17) is 5.11 Å². The van der Waals surface area contributed by atoms with Crippen LogP contribution >= 0.6 is 11.3 Å². The van der Waals surface area contributed by atoms with Gasteiger partial charge >= 0.3 is 0 Å². The summed E-state index contributed by atoms with van der Waals surface area (Å²) in [5.74, 6) is 3.94. The zero-order chi connectivity index (χ0) is 14.4. The number of carbonyl (C=O) groups is 1. The third-order valence-electron chi connectivity index (χ3n) is 2.41. The summed E-state index contributed by atoms with van der Waals surface area (Å²) in [6, 6.07) is 3.99. The number of aromatic nitrogens is 1. The second-order valence-electron chi connectivity index (χ2n) is 3.76. The van der Waals surface area contributed by atoms with E-state index >= 15 is 0 Å². The molecule has 0 radical (unpaired) electrons. The predicted octanol–water partition coefficient (Wildman–Crippen LogP) is 1.56. The molecule has 0 saturated heterocycles. The smallest absolute Gasteiger partial charge is 0.254 e. The van der Waals surface area contributed by atoms with Gasteiger partial charge in [-0.15, -0.1) is 11.3 Å². The molecule has 0 aliphatic heterocycles. The molecule has 1 amide bonds. The van der Waals surface area contributed by atoms with Gasteiger partial charge in [0, 0.05) is 17.1 Å². The van der Waals surface area contributed by atoms with Crippen molar-refractivity contribution in [3.63, 3.8) is 0 Å². The molecule has 102 valence electrons. The van der Waals surface area contributed by atoms with Gasteiger partial charge in [-0.25, -0.2) is 9.37 Å². The van der Waals surface area contributed by atoms with Crippen LogP contribution in [-0.2, 0) is 6.54 Å². The van der Waals surface area contributed by atoms with Gasteiger partial charge in [-0.3, -0.25) is 4.79 Å². The van der Waals surface area contributed by atoms with Gasteiger partial charge in [-0.1, -0.05) is 11.8 Å². The number of thiazole rings is 1. The first kappa shape index (κ1) is 14.2. The Labute approximate surface area is 119 Å². The van der Waals surface area contributed by atoms with E-state index in [2.05, 4.69) is 22.1 Å². The minimum Gasteiger partial charge on any atom is -0.384 e. The number of benzene rings is 1. The maximum Gasteiger partial charge on any atom is 0.254 e. The summed E-state index contributed by atoms with van der Waals surface area (Å²) >= 11 is 1.41. The van der Waals surface area contributed by atoms with Gasteiger partial charge in [0.25, 0.3) is 5.91 Å². The van der Waals surface area contributed by atoms with E-state index in [-0.39, 0.29) is 18.7 Å². The van der Waals surface area contributed by atoms with Crippen molar-refractivity contribution >= 4 is 17.2 Å². The molecule has 1 heterocycles. The molecule has 0 unspecified atom stereocenters. The van der Waals surface area contributed by atoms with Crippen LogP contribution in [0.25, 0.3) is 0 Å². The van der Waals surface area contributed by atoms with Crippen LogP contribution in [0.3, 0.4) is 0 Å². The Kier molecular flexibility index (Phi) is 4.82. The topological polar surface area (TPSA) is 62.2 Å². The summed E-state index contributed by atoms with van der Waals surface area (Å²) in [7, 11) is 0. The summed E-state index contributed by atoms with van der Waals surface area (Å²) < 4.78 is 13.6. The number of rotatable bonds is 3. The molecule has 1 aromatic heterocycles. The molecule has 4 nitrogen and oxygen atoms in total. The normalized spacial score (nSPS) is 9.70. The number of aliphatic hydroxyl groups is 1. The molecule has 0 aliphatic rings. The Balaban J connectivity index is 2.12. The molecular weight excluding hydrogens is 279 g/mol. The highest BCUT2D eigenvalue weighted by Crippen LogP contribution is 2.11. The highest BCUT2D eigenvalue weighted by molar-refractivity contribution is 7.09. The van der Waals surface area contributed by atoms with Crippen LogP contribution in [0, 0.1) is 17.7 Å². The van der Waals surface area contributed by atoms with Gasteiger partial charge in [0.15, 0.2) is 0 Å². The Morgan fingerprint density at radius 2 is 2.35 bits per heavy atom. The monoisotopic (exact) mass is 290 g/mol. The van der Waals surface area contributed by atoms with Crippen LogP contribution in [0.5, 0.6) is 0 Å². The van der Waals surface area contributed by atoms with Crippen LogP contribution in [0.15, 0.2) is 29.8 Å². The van der Waals surface area contributed by atoms with E-state index in [1.54, 1.807) is 11.6 Å². The molecule has 0 spiro atoms. The lowest BCUT2D eigenvalue weighted by molar-refractivity contribution is 0.0947. The molecule has 1 aromatic carbocycles. The second kappa shape index (κ2) is 6.80. The lowest BCUT2D eigenvalue weighted by atomic mass is 10.1. The Hall–Kier alpha value is -2.23. The van der Waals surface area contributed by atoms with Crippen molar-refractivity contribution in [2.75, 3.05) is 6.61 Å². The summed E-state index contributed by atoms with van der Waals surface area (Å²) in [4.78, 5) is 15.9. The lowest BCUT2D eigenvalue weighted by Crippen LogP contribution is -2.23. The molecule has 0 aliphatic carbocycles. The first-order chi connectivity index (χ1) is 9.70. The summed E-state index contributed by atoms with van der Waals surface area (Å²) in [5.41, 5.74) is 0.395. The van der Waals surface area contributed by atoms with E-state index < -0.39 is 11.7 Å². The number of amides is 1. The van der Waals surface area contributed by atoms with Crippen LogP contribution in [0.2, 0.25) is 0 Å². The molecule has 2 aromatic rings. The molecule has 2 N–H and O–H groups in total. The van der Waals surface area contributed by atoms with Gasteiger partial charge < -0.3 is 10.4 Å². The van der Waals surface area contributed by atoms with Crippen molar-refractivity contribution < 1.29 is 14.3 Å². The zero-order valence-corrected chi connectivity index (χ0v) is 11.2. The first-order valence-electron chi connectivity index (χ1n) is 5.76. The third kappa shape index (κ3) is 3.63. The molecule has 0 atom stereocenters. The van der Waals surface area contributed by atoms with Crippen molar-refractivity contribution in [2.45, 2.75) is 6.54 Å². The second-order valence-corrected chi connectivity index (χ2v) is 4.74. The number of nitrogens with one attached hydrogen (secondary N) is 1. The molecule has 6 heteroatoms. The molecular formula is C14H11FN2O2S. The van der Waals surface area contributed by atoms with Crippen LogP contribution in [0.4, 0.5) is 4.39 Å². The quantitative estimate of drug-likeness (QED) is 0.843. The van der Waals surface area contributed by atoms with Crippen molar-refractivity contribution in [3.05, 3.63) is 51.7 Å². The Bertz CT molecular complexity index is 660. The first-order valence-corrected chi connectivity index (χ1v) is 6.64. The molecule has 20 heavy (non-hydrogen) atoms. The van der Waals surface area contributed by atoms with Gasteiger partial charge in [0.1, 0.15) is 17.4 Å². The summed E-state index contributed by atoms with van der Waals surface area (Å²) in [6.45, 7) is -0.0363. The lowest BCUT2D eigenvalue weighted by Gasteiger charge is -2.05. The molecule has 0 bridgehead atoms. The van der Waals surface area contributed by atoms with Crippen LogP contribution in [0.1, 0.15) is 20.9 Å². The van der Waals surface area contributed by atoms with E-state index in [9.17, 15) is 9.18 Å². The highest BCUT2D eigenvalue weighted by Gasteiger charge is 2.12. The van der Waals surface area contributed by atoms with E-state index in [1.807, 2.05) is 0 Å². The maximum atomic E-state index is 13.6. The van der Waals surface area contributed by atoms with Gasteiger partial charge in [-0.05, 0) is 18.2 Å². The largest absolute Gasteiger partial charge is 0.384 e. The van der Waals surface area contributed by atoms with Crippen molar-refractivity contribution in [3.8, 4) is 11.8 Å². The van der Waals surface area contributed by atoms with E-state index in [0.29, 0.717) is 5.56 Å².